The second-order valence-corrected chi connectivity index (χ2v) is 6.57. The number of non-ortho nitro benzene ring substituents is 1. The Balaban J connectivity index is 1.84. The Hall–Kier alpha value is -4.21. The van der Waals surface area contributed by atoms with Crippen LogP contribution in [-0.4, -0.2) is 31.7 Å². The maximum atomic E-state index is 12.5. The van der Waals surface area contributed by atoms with Gasteiger partial charge in [0.15, 0.2) is 0 Å². The first-order chi connectivity index (χ1) is 14.2. The first kappa shape index (κ1) is 20.5. The zero-order valence-corrected chi connectivity index (χ0v) is 16.1. The Morgan fingerprint density at radius 1 is 1.23 bits per heavy atom. The second kappa shape index (κ2) is 8.43. The molecule has 0 radical (unpaired) electrons. The summed E-state index contributed by atoms with van der Waals surface area (Å²) in [5, 5.41) is 26.7. The molecular weight excluding hydrogens is 392 g/mol. The van der Waals surface area contributed by atoms with Crippen LogP contribution in [0.4, 0.5) is 11.4 Å². The fourth-order valence-corrected chi connectivity index (χ4v) is 2.62. The maximum Gasteiger partial charge on any atom is 0.328 e. The highest BCUT2D eigenvalue weighted by Gasteiger charge is 2.18. The van der Waals surface area contributed by atoms with Crippen LogP contribution in [0.5, 0.6) is 11.5 Å². The number of ether oxygens (including phenoxy) is 1. The van der Waals surface area contributed by atoms with Crippen LogP contribution in [0.2, 0.25) is 0 Å². The number of anilines is 1. The third-order valence-corrected chi connectivity index (χ3v) is 4.20. The quantitative estimate of drug-likeness (QED) is 0.446. The smallest absolute Gasteiger partial charge is 0.328 e. The van der Waals surface area contributed by atoms with Crippen LogP contribution in [0.15, 0.2) is 54.9 Å². The number of carbonyl (C=O) groups is 2. The summed E-state index contributed by atoms with van der Waals surface area (Å²) in [6, 6.07) is 10.1. The van der Waals surface area contributed by atoms with Gasteiger partial charge in [0.05, 0.1) is 28.4 Å². The van der Waals surface area contributed by atoms with Gasteiger partial charge in [-0.15, -0.1) is 0 Å². The summed E-state index contributed by atoms with van der Waals surface area (Å²) in [5.41, 5.74) is 0.955. The number of aliphatic carboxylic acids is 1. The van der Waals surface area contributed by atoms with Crippen molar-refractivity contribution in [2.24, 2.45) is 0 Å². The van der Waals surface area contributed by atoms with Gasteiger partial charge in [0.25, 0.3) is 11.6 Å². The largest absolute Gasteiger partial charge is 0.480 e. The third-order valence-electron chi connectivity index (χ3n) is 4.20. The SMILES string of the molecule is Cc1cccc(Oc2cc(NC(=O)c3cnn(C(C)C(=O)O)c3)cc([N+](=O)[O-])c2)c1. The number of hydrogen-bond acceptors (Lipinski definition) is 6. The summed E-state index contributed by atoms with van der Waals surface area (Å²) in [6.07, 6.45) is 2.51. The summed E-state index contributed by atoms with van der Waals surface area (Å²) in [7, 11) is 0. The molecule has 0 fully saturated rings. The summed E-state index contributed by atoms with van der Waals surface area (Å²) >= 11 is 0. The first-order valence-electron chi connectivity index (χ1n) is 8.85. The van der Waals surface area contributed by atoms with E-state index in [9.17, 15) is 19.7 Å². The van der Waals surface area contributed by atoms with Crippen molar-refractivity contribution in [2.75, 3.05) is 5.32 Å². The molecule has 0 saturated heterocycles. The Labute approximate surface area is 170 Å². The molecule has 1 atom stereocenters. The monoisotopic (exact) mass is 410 g/mol. The number of carbonyl (C=O) groups excluding carboxylic acids is 1. The maximum absolute atomic E-state index is 12.5. The van der Waals surface area contributed by atoms with E-state index in [1.54, 1.807) is 18.2 Å². The van der Waals surface area contributed by atoms with Crippen LogP contribution in [0.1, 0.15) is 28.9 Å². The molecule has 10 nitrogen and oxygen atoms in total. The number of nitrogens with zero attached hydrogens (tertiary/aromatic N) is 3. The van der Waals surface area contributed by atoms with Gasteiger partial charge in [-0.05, 0) is 31.5 Å². The number of nitro groups is 1. The van der Waals surface area contributed by atoms with E-state index in [1.165, 1.54) is 37.5 Å². The van der Waals surface area contributed by atoms with Gasteiger partial charge in [0, 0.05) is 18.3 Å². The molecule has 154 valence electrons. The normalized spacial score (nSPS) is 11.5. The molecule has 0 aliphatic carbocycles. The number of nitro benzene ring substituents is 1. The minimum Gasteiger partial charge on any atom is -0.480 e. The molecule has 2 aromatic carbocycles. The molecule has 3 aromatic rings. The predicted molar refractivity (Wildman–Crippen MR) is 107 cm³/mol. The van der Waals surface area contributed by atoms with Crippen LogP contribution in [0, 0.1) is 17.0 Å². The van der Waals surface area contributed by atoms with Crippen molar-refractivity contribution in [1.82, 2.24) is 9.78 Å². The van der Waals surface area contributed by atoms with Crippen LogP contribution < -0.4 is 10.1 Å². The molecular formula is C20H18N4O6. The molecule has 0 aliphatic rings. The van der Waals surface area contributed by atoms with Crippen molar-refractivity contribution in [3.63, 3.8) is 0 Å². The molecule has 1 aromatic heterocycles. The van der Waals surface area contributed by atoms with Crippen LogP contribution >= 0.6 is 0 Å². The Morgan fingerprint density at radius 3 is 2.67 bits per heavy atom. The van der Waals surface area contributed by atoms with Crippen LogP contribution in [0.25, 0.3) is 0 Å². The average Bonchev–Trinajstić information content (AvgIpc) is 3.17. The van der Waals surface area contributed by atoms with Crippen molar-refractivity contribution in [3.8, 4) is 11.5 Å². The van der Waals surface area contributed by atoms with Crippen molar-refractivity contribution in [1.29, 1.82) is 0 Å². The standard InChI is InChI=1S/C20H18N4O6/c1-12-4-3-5-17(6-12)30-18-8-15(7-16(9-18)24(28)29)22-19(25)14-10-21-23(11-14)13(2)20(26)27/h3-11,13H,1-2H3,(H,22,25)(H,26,27). The van der Waals surface area contributed by atoms with Crippen LogP contribution in [0.3, 0.4) is 0 Å². The summed E-state index contributed by atoms with van der Waals surface area (Å²) in [5.74, 6) is -1.01. The van der Waals surface area contributed by atoms with Crippen molar-refractivity contribution >= 4 is 23.3 Å². The number of benzene rings is 2. The topological polar surface area (TPSA) is 137 Å². The highest BCUT2D eigenvalue weighted by atomic mass is 16.6. The molecule has 1 unspecified atom stereocenters. The molecule has 2 N–H and O–H groups in total. The molecule has 3 rings (SSSR count). The average molecular weight is 410 g/mol. The highest BCUT2D eigenvalue weighted by Crippen LogP contribution is 2.30. The minimum atomic E-state index is -1.10. The Kier molecular flexibility index (Phi) is 5.77. The van der Waals surface area contributed by atoms with E-state index in [2.05, 4.69) is 10.4 Å². The predicted octanol–water partition coefficient (Wildman–Crippen LogP) is 3.79. The molecule has 10 heteroatoms. The van der Waals surface area contributed by atoms with Gasteiger partial charge in [0.1, 0.15) is 17.5 Å². The lowest BCUT2D eigenvalue weighted by Gasteiger charge is -2.09. The number of carboxylic acids is 1. The molecule has 1 heterocycles. The zero-order chi connectivity index (χ0) is 21.8. The fourth-order valence-electron chi connectivity index (χ4n) is 2.62. The third kappa shape index (κ3) is 4.79. The molecule has 0 spiro atoms. The van der Waals surface area contributed by atoms with Gasteiger partial charge in [-0.25, -0.2) is 4.79 Å². The van der Waals surface area contributed by atoms with Gasteiger partial charge in [0.2, 0.25) is 0 Å². The van der Waals surface area contributed by atoms with Crippen molar-refractivity contribution in [2.45, 2.75) is 19.9 Å². The van der Waals surface area contributed by atoms with Gasteiger partial charge in [-0.3, -0.25) is 19.6 Å². The van der Waals surface area contributed by atoms with E-state index >= 15 is 0 Å². The molecule has 0 aliphatic heterocycles. The van der Waals surface area contributed by atoms with E-state index in [0.29, 0.717) is 5.75 Å². The van der Waals surface area contributed by atoms with Crippen molar-refractivity contribution < 1.29 is 24.4 Å². The van der Waals surface area contributed by atoms with Crippen LogP contribution in [-0.2, 0) is 4.79 Å². The number of amides is 1. The van der Waals surface area contributed by atoms with Gasteiger partial charge in [-0.1, -0.05) is 12.1 Å². The number of hydrogen-bond donors (Lipinski definition) is 2. The highest BCUT2D eigenvalue weighted by molar-refractivity contribution is 6.04. The Bertz CT molecular complexity index is 1120. The molecule has 1 amide bonds. The molecule has 30 heavy (non-hydrogen) atoms. The summed E-state index contributed by atoms with van der Waals surface area (Å²) in [4.78, 5) is 34.2. The minimum absolute atomic E-state index is 0.107. The number of nitrogens with one attached hydrogen (secondary N) is 1. The van der Waals surface area contributed by atoms with E-state index in [1.807, 2.05) is 13.0 Å². The number of rotatable bonds is 7. The van der Waals surface area contributed by atoms with E-state index in [-0.39, 0.29) is 22.7 Å². The zero-order valence-electron chi connectivity index (χ0n) is 16.1. The number of aromatic nitrogens is 2. The lowest BCUT2D eigenvalue weighted by atomic mass is 10.2. The lowest BCUT2D eigenvalue weighted by Crippen LogP contribution is -2.16. The molecule has 0 bridgehead atoms. The van der Waals surface area contributed by atoms with Crippen molar-refractivity contribution in [3.05, 3.63) is 76.1 Å². The number of carboxylic acid groups (broad SMARTS) is 1. The Morgan fingerprint density at radius 2 is 2.00 bits per heavy atom. The summed E-state index contributed by atoms with van der Waals surface area (Å²) < 4.78 is 6.84. The van der Waals surface area contributed by atoms with Gasteiger partial charge >= 0.3 is 5.97 Å². The first-order valence-corrected chi connectivity index (χ1v) is 8.85. The summed E-state index contributed by atoms with van der Waals surface area (Å²) in [6.45, 7) is 3.31. The van der Waals surface area contributed by atoms with E-state index in [4.69, 9.17) is 9.84 Å². The molecule has 0 saturated carbocycles. The number of aryl methyl sites for hydroxylation is 1. The van der Waals surface area contributed by atoms with Gasteiger partial charge in [-0.2, -0.15) is 5.10 Å². The fraction of sp³-hybridized carbons (Fsp3) is 0.150. The van der Waals surface area contributed by atoms with E-state index in [0.717, 1.165) is 10.2 Å². The van der Waals surface area contributed by atoms with E-state index < -0.39 is 22.8 Å². The lowest BCUT2D eigenvalue weighted by molar-refractivity contribution is -0.384. The van der Waals surface area contributed by atoms with Gasteiger partial charge < -0.3 is 15.2 Å². The second-order valence-electron chi connectivity index (χ2n) is 6.57.